The number of halogens is 1. The zero-order valence-corrected chi connectivity index (χ0v) is 18.6. The van der Waals surface area contributed by atoms with Gasteiger partial charge in [0.2, 0.25) is 0 Å². The summed E-state index contributed by atoms with van der Waals surface area (Å²) in [6.45, 7) is 5.24. The second kappa shape index (κ2) is 10.7. The Labute approximate surface area is 182 Å². The highest BCUT2D eigenvalue weighted by molar-refractivity contribution is 5.74. The molecule has 29 heavy (non-hydrogen) atoms. The van der Waals surface area contributed by atoms with Crippen LogP contribution in [0.4, 0.5) is 4.79 Å². The maximum absolute atomic E-state index is 12.3. The second-order valence-corrected chi connectivity index (χ2v) is 10.3. The van der Waals surface area contributed by atoms with Crippen molar-refractivity contribution in [1.29, 1.82) is 0 Å². The number of carbonyl (C=O) groups excluding carboxylic acids is 1. The number of nitrogens with two attached hydrogens (primary N) is 1. The molecule has 0 aromatic rings. The lowest BCUT2D eigenvalue weighted by Crippen LogP contribution is -3.00. The standard InChI is InChI=1S/C17H29N3O.C5H12N2.ClH/c21-16(19-11-12-2-1-3-18-10-12)20-17-7-13-4-14(8-17)6-15(5-13)9-17;6-5-1-3-7-4-2-5;/h12-15,18H,1-11H2,(H2,19,20,21);5,7H,1-4,6H2;1H/p-1. The summed E-state index contributed by atoms with van der Waals surface area (Å²) >= 11 is 0. The number of rotatable bonds is 3. The number of piperidine rings is 2. The Bertz CT molecular complexity index is 484. The van der Waals surface area contributed by atoms with Gasteiger partial charge in [0.15, 0.2) is 0 Å². The molecule has 7 heteroatoms. The van der Waals surface area contributed by atoms with Crippen molar-refractivity contribution in [2.75, 3.05) is 32.7 Å². The van der Waals surface area contributed by atoms with Crippen LogP contribution in [0, 0.1) is 23.7 Å². The van der Waals surface area contributed by atoms with Gasteiger partial charge in [0, 0.05) is 18.1 Å². The van der Waals surface area contributed by atoms with Gasteiger partial charge in [-0.2, -0.15) is 0 Å². The molecule has 6 aliphatic rings. The van der Waals surface area contributed by atoms with E-state index in [4.69, 9.17) is 5.73 Å². The third-order valence-corrected chi connectivity index (χ3v) is 7.75. The van der Waals surface area contributed by atoms with Crippen molar-refractivity contribution in [3.05, 3.63) is 0 Å². The van der Waals surface area contributed by atoms with Crippen LogP contribution >= 0.6 is 0 Å². The molecular weight excluding hydrogens is 386 g/mol. The molecule has 2 saturated heterocycles. The van der Waals surface area contributed by atoms with Crippen molar-refractivity contribution >= 4 is 6.03 Å². The largest absolute Gasteiger partial charge is 1.00 e. The van der Waals surface area contributed by atoms with Crippen LogP contribution < -0.4 is 39.4 Å². The Hall–Kier alpha value is -0.560. The second-order valence-electron chi connectivity index (χ2n) is 10.3. The van der Waals surface area contributed by atoms with Gasteiger partial charge in [-0.05, 0) is 114 Å². The molecule has 0 aromatic heterocycles. The summed E-state index contributed by atoms with van der Waals surface area (Å²) in [6, 6.07) is 0.559. The summed E-state index contributed by atoms with van der Waals surface area (Å²) in [4.78, 5) is 12.3. The summed E-state index contributed by atoms with van der Waals surface area (Å²) in [5.74, 6) is 3.28. The Balaban J connectivity index is 0.000000257. The highest BCUT2D eigenvalue weighted by Crippen LogP contribution is 2.55. The van der Waals surface area contributed by atoms with Crippen LogP contribution in [-0.2, 0) is 0 Å². The molecule has 6 rings (SSSR count). The summed E-state index contributed by atoms with van der Waals surface area (Å²) in [6.07, 6.45) is 12.8. The summed E-state index contributed by atoms with van der Waals surface area (Å²) in [7, 11) is 0. The van der Waals surface area contributed by atoms with Crippen molar-refractivity contribution in [2.24, 2.45) is 29.4 Å². The molecule has 1 atom stereocenters. The topological polar surface area (TPSA) is 91.2 Å². The van der Waals surface area contributed by atoms with Crippen LogP contribution in [0.3, 0.4) is 0 Å². The molecular formula is C22H41ClN5O-. The smallest absolute Gasteiger partial charge is 0.315 e. The molecule has 4 aliphatic carbocycles. The van der Waals surface area contributed by atoms with E-state index in [0.717, 1.165) is 63.3 Å². The average molecular weight is 427 g/mol. The minimum atomic E-state index is 0. The third-order valence-electron chi connectivity index (χ3n) is 7.75. The lowest BCUT2D eigenvalue weighted by molar-refractivity contribution is -0.0135. The van der Waals surface area contributed by atoms with Crippen LogP contribution in [0.2, 0.25) is 0 Å². The predicted octanol–water partition coefficient (Wildman–Crippen LogP) is -1.04. The van der Waals surface area contributed by atoms with E-state index in [1.54, 1.807) is 0 Å². The van der Waals surface area contributed by atoms with E-state index >= 15 is 0 Å². The first-order valence-electron chi connectivity index (χ1n) is 11.8. The van der Waals surface area contributed by atoms with Crippen LogP contribution in [0.5, 0.6) is 0 Å². The van der Waals surface area contributed by atoms with Gasteiger partial charge in [0.25, 0.3) is 0 Å². The third kappa shape index (κ3) is 6.46. The number of amides is 2. The molecule has 0 spiro atoms. The maximum atomic E-state index is 12.3. The minimum Gasteiger partial charge on any atom is -1.00 e. The molecule has 2 aliphatic heterocycles. The monoisotopic (exact) mass is 426 g/mol. The van der Waals surface area contributed by atoms with Gasteiger partial charge in [-0.3, -0.25) is 0 Å². The van der Waals surface area contributed by atoms with Gasteiger partial charge in [0.05, 0.1) is 0 Å². The van der Waals surface area contributed by atoms with Gasteiger partial charge < -0.3 is 39.4 Å². The Morgan fingerprint density at radius 3 is 2.03 bits per heavy atom. The fourth-order valence-electron chi connectivity index (χ4n) is 6.73. The lowest BCUT2D eigenvalue weighted by atomic mass is 9.53. The zero-order valence-electron chi connectivity index (χ0n) is 17.9. The zero-order chi connectivity index (χ0) is 19.4. The van der Waals surface area contributed by atoms with Crippen LogP contribution in [0.25, 0.3) is 0 Å². The molecule has 4 saturated carbocycles. The first kappa shape index (κ1) is 23.1. The lowest BCUT2D eigenvalue weighted by Gasteiger charge is -2.56. The molecule has 2 amide bonds. The minimum absolute atomic E-state index is 0. The Kier molecular flexibility index (Phi) is 8.49. The van der Waals surface area contributed by atoms with Gasteiger partial charge in [-0.15, -0.1) is 0 Å². The first-order chi connectivity index (χ1) is 13.6. The highest BCUT2D eigenvalue weighted by atomic mass is 35.5. The van der Waals surface area contributed by atoms with Gasteiger partial charge in [-0.1, -0.05) is 0 Å². The highest BCUT2D eigenvalue weighted by Gasteiger charge is 2.51. The average Bonchev–Trinajstić information content (AvgIpc) is 2.67. The predicted molar refractivity (Wildman–Crippen MR) is 113 cm³/mol. The van der Waals surface area contributed by atoms with E-state index in [0.29, 0.717) is 12.0 Å². The fourth-order valence-corrected chi connectivity index (χ4v) is 6.73. The van der Waals surface area contributed by atoms with Gasteiger partial charge in [0.1, 0.15) is 0 Å². The van der Waals surface area contributed by atoms with Crippen molar-refractivity contribution < 1.29 is 17.2 Å². The van der Waals surface area contributed by atoms with E-state index in [-0.39, 0.29) is 24.0 Å². The van der Waals surface area contributed by atoms with Crippen molar-refractivity contribution in [2.45, 2.75) is 75.8 Å². The first-order valence-corrected chi connectivity index (χ1v) is 11.8. The van der Waals surface area contributed by atoms with Gasteiger partial charge in [-0.25, -0.2) is 4.79 Å². The van der Waals surface area contributed by atoms with E-state index in [9.17, 15) is 4.79 Å². The van der Waals surface area contributed by atoms with E-state index in [1.165, 1.54) is 51.4 Å². The van der Waals surface area contributed by atoms with Crippen LogP contribution in [-0.4, -0.2) is 50.3 Å². The molecule has 168 valence electrons. The SMILES string of the molecule is NC1CCNCC1.O=C(NCC1CCCNC1)NC12CC3CC(CC(C3)C1)C2.[Cl-]. The quantitative estimate of drug-likeness (QED) is 0.398. The molecule has 1 unspecified atom stereocenters. The molecule has 0 aromatic carbocycles. The number of hydrogen-bond donors (Lipinski definition) is 5. The number of carbonyl (C=O) groups is 1. The molecule has 6 nitrogen and oxygen atoms in total. The van der Waals surface area contributed by atoms with Crippen LogP contribution in [0.1, 0.15) is 64.2 Å². The fraction of sp³-hybridized carbons (Fsp3) is 0.955. The van der Waals surface area contributed by atoms with Crippen molar-refractivity contribution in [3.63, 3.8) is 0 Å². The Morgan fingerprint density at radius 2 is 1.55 bits per heavy atom. The van der Waals surface area contributed by atoms with Crippen molar-refractivity contribution in [1.82, 2.24) is 21.3 Å². The summed E-state index contributed by atoms with van der Waals surface area (Å²) in [5.41, 5.74) is 5.74. The Morgan fingerprint density at radius 1 is 0.931 bits per heavy atom. The molecule has 6 N–H and O–H groups in total. The summed E-state index contributed by atoms with van der Waals surface area (Å²) < 4.78 is 0. The summed E-state index contributed by atoms with van der Waals surface area (Å²) in [5, 5.41) is 13.2. The van der Waals surface area contributed by atoms with Gasteiger partial charge >= 0.3 is 6.03 Å². The number of urea groups is 1. The molecule has 6 fully saturated rings. The molecule has 0 radical (unpaired) electrons. The van der Waals surface area contributed by atoms with Crippen LogP contribution in [0.15, 0.2) is 0 Å². The number of hydrogen-bond acceptors (Lipinski definition) is 4. The van der Waals surface area contributed by atoms with E-state index in [1.807, 2.05) is 0 Å². The number of nitrogens with one attached hydrogen (secondary N) is 4. The van der Waals surface area contributed by atoms with E-state index in [2.05, 4.69) is 21.3 Å². The molecule has 2 heterocycles. The normalized spacial score (nSPS) is 38.4. The maximum Gasteiger partial charge on any atom is 0.315 e. The molecule has 4 bridgehead atoms. The van der Waals surface area contributed by atoms with Crippen molar-refractivity contribution in [3.8, 4) is 0 Å². The van der Waals surface area contributed by atoms with E-state index < -0.39 is 0 Å².